The van der Waals surface area contributed by atoms with E-state index in [0.29, 0.717) is 0 Å². The van der Waals surface area contributed by atoms with Crippen LogP contribution in [0.3, 0.4) is 0 Å². The van der Waals surface area contributed by atoms with Crippen LogP contribution in [-0.2, 0) is 0 Å². The Morgan fingerprint density at radius 1 is 1.06 bits per heavy atom. The molecule has 0 fully saturated rings. The van der Waals surface area contributed by atoms with Gasteiger partial charge in [-0.25, -0.2) is 0 Å². The third kappa shape index (κ3) is 0.906. The Hall–Kier alpha value is -2.24. The van der Waals surface area contributed by atoms with Gasteiger partial charge in [-0.05, 0) is 34.0 Å². The van der Waals surface area contributed by atoms with Crippen molar-refractivity contribution in [3.05, 3.63) is 54.0 Å². The zero-order chi connectivity index (χ0) is 10.5. The summed E-state index contributed by atoms with van der Waals surface area (Å²) in [6.45, 7) is 0. The Kier molecular flexibility index (Phi) is 1.33. The van der Waals surface area contributed by atoms with Gasteiger partial charge in [-0.1, -0.05) is 24.3 Å². The van der Waals surface area contributed by atoms with E-state index in [1.807, 2.05) is 12.3 Å². The normalized spacial score (nSPS) is 12.8. The Morgan fingerprint density at radius 3 is 3.00 bits per heavy atom. The van der Waals surface area contributed by atoms with Gasteiger partial charge in [0.25, 0.3) is 0 Å². The fraction of sp³-hybridized carbons (Fsp3) is 0. The molecule has 1 aromatic rings. The summed E-state index contributed by atoms with van der Waals surface area (Å²) >= 11 is 0. The highest BCUT2D eigenvalue weighted by Gasteiger charge is 2.12. The van der Waals surface area contributed by atoms with Crippen LogP contribution in [0.1, 0.15) is 5.69 Å². The molecule has 0 spiro atoms. The highest BCUT2D eigenvalue weighted by atomic mass is 14.9. The predicted molar refractivity (Wildman–Crippen MR) is 67.3 cm³/mol. The van der Waals surface area contributed by atoms with Crippen molar-refractivity contribution < 1.29 is 0 Å². The predicted octanol–water partition coefficient (Wildman–Crippen LogP) is 3.84. The minimum Gasteiger partial charge on any atom is -0.315 e. The van der Waals surface area contributed by atoms with E-state index < -0.39 is 0 Å². The Balaban J connectivity index is 2.20. The highest BCUT2D eigenvalue weighted by molar-refractivity contribution is 6.02. The van der Waals surface area contributed by atoms with Crippen LogP contribution in [0.5, 0.6) is 0 Å². The number of pyridine rings is 1. The van der Waals surface area contributed by atoms with Crippen molar-refractivity contribution in [1.82, 2.24) is 4.57 Å². The number of hydrogen-bond acceptors (Lipinski definition) is 0. The molecule has 0 N–H and O–H groups in total. The van der Waals surface area contributed by atoms with E-state index in [1.54, 1.807) is 0 Å². The standard InChI is InChI=1S/C15H9N/c1-2-6-14-11(4-1)8-12-10-16-7-3-5-13(16)9-15(12)14/h1-2,4-10H. The molecule has 0 aromatic heterocycles. The number of benzene rings is 1. The van der Waals surface area contributed by atoms with E-state index in [9.17, 15) is 0 Å². The second-order valence-corrected chi connectivity index (χ2v) is 4.15. The minimum absolute atomic E-state index is 1.20. The van der Waals surface area contributed by atoms with Crippen molar-refractivity contribution in [2.45, 2.75) is 0 Å². The van der Waals surface area contributed by atoms with Crippen LogP contribution in [0.15, 0.2) is 48.3 Å². The maximum Gasteiger partial charge on any atom is 0.0539 e. The van der Waals surface area contributed by atoms with Crippen LogP contribution in [-0.4, -0.2) is 4.57 Å². The van der Waals surface area contributed by atoms with E-state index >= 15 is 0 Å². The number of rotatable bonds is 0. The molecule has 16 heavy (non-hydrogen) atoms. The zero-order valence-electron chi connectivity index (χ0n) is 8.64. The third-order valence-corrected chi connectivity index (χ3v) is 3.19. The largest absolute Gasteiger partial charge is 0.315 e. The summed E-state index contributed by atoms with van der Waals surface area (Å²) < 4.78 is 2.11. The van der Waals surface area contributed by atoms with Gasteiger partial charge in [0.1, 0.15) is 0 Å². The van der Waals surface area contributed by atoms with Crippen molar-refractivity contribution >= 4 is 23.0 Å². The van der Waals surface area contributed by atoms with Gasteiger partial charge in [-0.3, -0.25) is 0 Å². The molecule has 0 bridgehead atoms. The van der Waals surface area contributed by atoms with Crippen LogP contribution >= 0.6 is 0 Å². The number of fused-ring (bicyclic) bond motifs is 4. The molecule has 1 aliphatic carbocycles. The number of hydrogen-bond donors (Lipinski definition) is 0. The van der Waals surface area contributed by atoms with Crippen LogP contribution in [0, 0.1) is 0 Å². The average Bonchev–Trinajstić information content (AvgIpc) is 2.88. The van der Waals surface area contributed by atoms with Gasteiger partial charge >= 0.3 is 0 Å². The first kappa shape index (κ1) is 7.98. The molecule has 1 aromatic carbocycles. The van der Waals surface area contributed by atoms with Crippen molar-refractivity contribution in [3.63, 3.8) is 0 Å². The van der Waals surface area contributed by atoms with Gasteiger partial charge in [0, 0.05) is 12.3 Å². The summed E-state index contributed by atoms with van der Waals surface area (Å²) in [5.41, 5.74) is 6.93. The van der Waals surface area contributed by atoms with Crippen LogP contribution in [0.25, 0.3) is 34.2 Å². The molecule has 1 nitrogen and oxygen atoms in total. The second-order valence-electron chi connectivity index (χ2n) is 4.15. The number of aromatic nitrogens is 1. The topological polar surface area (TPSA) is 4.93 Å². The van der Waals surface area contributed by atoms with Gasteiger partial charge in [0.2, 0.25) is 0 Å². The van der Waals surface area contributed by atoms with Gasteiger partial charge in [0.15, 0.2) is 0 Å². The summed E-state index contributed by atoms with van der Waals surface area (Å²) in [4.78, 5) is 0. The lowest BCUT2D eigenvalue weighted by Crippen LogP contribution is -1.92. The van der Waals surface area contributed by atoms with Gasteiger partial charge in [0.05, 0.1) is 11.9 Å². The lowest BCUT2D eigenvalue weighted by Gasteiger charge is -2.06. The first-order chi connectivity index (χ1) is 7.92. The number of nitrogens with zero attached hydrogens (tertiary/aromatic N) is 1. The lowest BCUT2D eigenvalue weighted by molar-refractivity contribution is 1.12. The maximum absolute atomic E-state index is 3.11. The molecular weight excluding hydrogens is 194 g/mol. The first-order valence-electron chi connectivity index (χ1n) is 5.38. The molecule has 2 heterocycles. The molecule has 0 unspecified atom stereocenters. The first-order valence-corrected chi connectivity index (χ1v) is 5.38. The minimum atomic E-state index is 1.20. The van der Waals surface area contributed by atoms with Crippen molar-refractivity contribution in [2.75, 3.05) is 0 Å². The van der Waals surface area contributed by atoms with E-state index in [2.05, 4.69) is 52.9 Å². The molecule has 0 radical (unpaired) electrons. The molecule has 0 atom stereocenters. The SMILES string of the molecule is C1=Cc2cc3c4ccccc4cc-3cn2C=1. The fourth-order valence-corrected chi connectivity index (χ4v) is 2.41. The average molecular weight is 203 g/mol. The molecule has 0 saturated heterocycles. The molecule has 2 aliphatic heterocycles. The smallest absolute Gasteiger partial charge is 0.0539 e. The zero-order valence-corrected chi connectivity index (χ0v) is 8.64. The van der Waals surface area contributed by atoms with Gasteiger partial charge in [-0.15, -0.1) is 5.73 Å². The van der Waals surface area contributed by atoms with Crippen molar-refractivity contribution in [1.29, 1.82) is 0 Å². The lowest BCUT2D eigenvalue weighted by atomic mass is 10.1. The maximum atomic E-state index is 3.11. The quantitative estimate of drug-likeness (QED) is 0.383. The highest BCUT2D eigenvalue weighted by Crippen LogP contribution is 2.35. The Morgan fingerprint density at radius 2 is 2.00 bits per heavy atom. The summed E-state index contributed by atoms with van der Waals surface area (Å²) in [5, 5.41) is 2.65. The van der Waals surface area contributed by atoms with Gasteiger partial charge in [-0.2, -0.15) is 0 Å². The molecule has 3 aliphatic rings. The van der Waals surface area contributed by atoms with E-state index in [1.165, 1.54) is 27.6 Å². The third-order valence-electron chi connectivity index (χ3n) is 3.19. The van der Waals surface area contributed by atoms with Crippen LogP contribution in [0.4, 0.5) is 0 Å². The molecule has 1 heteroatoms. The summed E-state index contributed by atoms with van der Waals surface area (Å²) in [7, 11) is 0. The molecule has 4 rings (SSSR count). The molecular formula is C15H9N. The summed E-state index contributed by atoms with van der Waals surface area (Å²) in [5.74, 6) is 0. The van der Waals surface area contributed by atoms with Crippen molar-refractivity contribution in [2.24, 2.45) is 0 Å². The van der Waals surface area contributed by atoms with Crippen molar-refractivity contribution in [3.8, 4) is 11.1 Å². The molecule has 0 amide bonds. The second kappa shape index (κ2) is 2.66. The monoisotopic (exact) mass is 203 g/mol. The Labute approximate surface area is 93.3 Å². The summed E-state index contributed by atoms with van der Waals surface area (Å²) in [6.07, 6.45) is 6.15. The molecule has 0 saturated carbocycles. The fourth-order valence-electron chi connectivity index (χ4n) is 2.41. The Bertz CT molecular complexity index is 739. The van der Waals surface area contributed by atoms with Gasteiger partial charge < -0.3 is 4.57 Å². The summed E-state index contributed by atoms with van der Waals surface area (Å²) in [6, 6.07) is 13.0. The van der Waals surface area contributed by atoms with Crippen LogP contribution < -0.4 is 0 Å². The van der Waals surface area contributed by atoms with E-state index in [4.69, 9.17) is 0 Å². The van der Waals surface area contributed by atoms with E-state index in [0.717, 1.165) is 0 Å². The van der Waals surface area contributed by atoms with E-state index in [-0.39, 0.29) is 0 Å². The van der Waals surface area contributed by atoms with Crippen LogP contribution in [0.2, 0.25) is 0 Å². The molecule has 74 valence electrons.